The Hall–Kier alpha value is -2.95. The summed E-state index contributed by atoms with van der Waals surface area (Å²) in [6, 6.07) is 15.2. The number of fused-ring (bicyclic) bond motifs is 5. The molecule has 4 aliphatic carbocycles. The summed E-state index contributed by atoms with van der Waals surface area (Å²) >= 11 is 0. The highest BCUT2D eigenvalue weighted by molar-refractivity contribution is 5.89. The number of carbonyl (C=O) groups is 1. The van der Waals surface area contributed by atoms with Crippen LogP contribution in [0.1, 0.15) is 116 Å². The lowest BCUT2D eigenvalue weighted by molar-refractivity contribution is -0.0594. The first-order chi connectivity index (χ1) is 22.5. The maximum atomic E-state index is 13.2. The van der Waals surface area contributed by atoms with Gasteiger partial charge in [-0.25, -0.2) is 4.79 Å². The molecule has 0 radical (unpaired) electrons. The minimum Gasteiger partial charge on any atom is -0.458 e. The lowest BCUT2D eigenvalue weighted by Crippen LogP contribution is -2.51. The van der Waals surface area contributed by atoms with Crippen LogP contribution in [0.2, 0.25) is 0 Å². The summed E-state index contributed by atoms with van der Waals surface area (Å²) in [5, 5.41) is 8.71. The number of azo groups is 1. The van der Waals surface area contributed by atoms with Crippen molar-refractivity contribution in [2.45, 2.75) is 111 Å². The van der Waals surface area contributed by atoms with E-state index in [1.54, 1.807) is 5.57 Å². The van der Waals surface area contributed by atoms with Gasteiger partial charge in [-0.15, -0.1) is 0 Å². The predicted octanol–water partition coefficient (Wildman–Crippen LogP) is 11.7. The van der Waals surface area contributed by atoms with E-state index in [2.05, 4.69) is 55.8 Å². The van der Waals surface area contributed by atoms with Gasteiger partial charge >= 0.3 is 5.97 Å². The summed E-state index contributed by atoms with van der Waals surface area (Å²) in [5.41, 5.74) is 5.54. The number of allylic oxidation sites excluding steroid dienone is 1. The molecule has 254 valence electrons. The zero-order valence-electron chi connectivity index (χ0n) is 30.2. The van der Waals surface area contributed by atoms with Gasteiger partial charge in [-0.2, -0.15) is 10.2 Å². The van der Waals surface area contributed by atoms with Gasteiger partial charge in [0.15, 0.2) is 0 Å². The van der Waals surface area contributed by atoms with Gasteiger partial charge < -0.3 is 9.64 Å². The zero-order chi connectivity index (χ0) is 33.3. The number of benzene rings is 2. The first kappa shape index (κ1) is 33.9. The number of rotatable bonds is 10. The van der Waals surface area contributed by atoms with Crippen molar-refractivity contribution in [1.82, 2.24) is 0 Å². The second-order valence-electron chi connectivity index (χ2n) is 16.7. The minimum atomic E-state index is -0.233. The van der Waals surface area contributed by atoms with E-state index in [1.807, 2.05) is 62.6 Å². The van der Waals surface area contributed by atoms with Crippen LogP contribution in [0.4, 0.5) is 17.1 Å². The summed E-state index contributed by atoms with van der Waals surface area (Å²) < 4.78 is 6.14. The number of hydrogen-bond acceptors (Lipinski definition) is 5. The molecule has 2 aromatic rings. The molecule has 0 aromatic heterocycles. The Bertz CT molecular complexity index is 1440. The van der Waals surface area contributed by atoms with E-state index >= 15 is 0 Å². The third-order valence-corrected chi connectivity index (χ3v) is 13.3. The zero-order valence-corrected chi connectivity index (χ0v) is 30.2. The maximum absolute atomic E-state index is 13.2. The lowest BCUT2D eigenvalue weighted by Gasteiger charge is -2.58. The molecule has 8 atom stereocenters. The normalized spacial score (nSPS) is 32.3. The molecule has 0 bridgehead atoms. The molecule has 5 nitrogen and oxygen atoms in total. The fourth-order valence-corrected chi connectivity index (χ4v) is 10.6. The molecule has 0 aliphatic heterocycles. The number of ether oxygens (including phenoxy) is 1. The Balaban J connectivity index is 1.05. The van der Waals surface area contributed by atoms with E-state index in [4.69, 9.17) is 4.74 Å². The fraction of sp³-hybridized carbons (Fsp3) is 0.643. The van der Waals surface area contributed by atoms with E-state index in [0.29, 0.717) is 16.7 Å². The second-order valence-corrected chi connectivity index (χ2v) is 16.7. The number of esters is 1. The predicted molar refractivity (Wildman–Crippen MR) is 194 cm³/mol. The molecule has 4 aliphatic rings. The topological polar surface area (TPSA) is 54.3 Å². The molecule has 0 amide bonds. The Morgan fingerprint density at radius 3 is 2.21 bits per heavy atom. The van der Waals surface area contributed by atoms with Gasteiger partial charge in [-0.1, -0.05) is 65.5 Å². The highest BCUT2D eigenvalue weighted by Gasteiger charge is 2.59. The first-order valence-electron chi connectivity index (χ1n) is 18.7. The standard InChI is InChI=1S/C42H59N3O2/c1-28(2)9-8-10-29(3)37-21-22-38-36-20-13-31-27-35(23-25-41(31,4)39(36)24-26-42(37,38)5)47-40(46)30-11-14-32(15-12-30)43-44-33-16-18-34(19-17-33)45(6)7/h11-19,28-29,35-39H,8-10,20-27H2,1-7H3/b44-43+. The summed E-state index contributed by atoms with van der Waals surface area (Å²) in [4.78, 5) is 15.3. The average Bonchev–Trinajstić information content (AvgIpc) is 3.41. The third-order valence-electron chi connectivity index (χ3n) is 13.3. The molecule has 0 N–H and O–H groups in total. The minimum absolute atomic E-state index is 0.0423. The molecule has 5 heteroatoms. The van der Waals surface area contributed by atoms with Crippen LogP contribution in [0.3, 0.4) is 0 Å². The van der Waals surface area contributed by atoms with Crippen LogP contribution in [0.25, 0.3) is 0 Å². The third kappa shape index (κ3) is 6.97. The van der Waals surface area contributed by atoms with Crippen molar-refractivity contribution < 1.29 is 9.53 Å². The van der Waals surface area contributed by atoms with Gasteiger partial charge in [0, 0.05) is 26.2 Å². The van der Waals surface area contributed by atoms with Crippen molar-refractivity contribution in [3.63, 3.8) is 0 Å². The van der Waals surface area contributed by atoms with Gasteiger partial charge in [-0.05, 0) is 140 Å². The van der Waals surface area contributed by atoms with Gasteiger partial charge in [0.2, 0.25) is 0 Å². The Kier molecular flexibility index (Phi) is 10.0. The van der Waals surface area contributed by atoms with Crippen LogP contribution >= 0.6 is 0 Å². The molecule has 0 heterocycles. The number of anilines is 1. The molecule has 6 rings (SSSR count). The molecule has 0 saturated heterocycles. The van der Waals surface area contributed by atoms with Gasteiger partial charge in [0.05, 0.1) is 16.9 Å². The van der Waals surface area contributed by atoms with Crippen molar-refractivity contribution in [2.24, 2.45) is 56.6 Å². The van der Waals surface area contributed by atoms with Crippen molar-refractivity contribution >= 4 is 23.0 Å². The Morgan fingerprint density at radius 2 is 1.55 bits per heavy atom. The highest BCUT2D eigenvalue weighted by Crippen LogP contribution is 2.67. The quantitative estimate of drug-likeness (QED) is 0.148. The average molecular weight is 638 g/mol. The lowest BCUT2D eigenvalue weighted by atomic mass is 9.47. The van der Waals surface area contributed by atoms with Gasteiger partial charge in [0.25, 0.3) is 0 Å². The molecule has 2 aromatic carbocycles. The molecule has 0 spiro atoms. The molecule has 3 fully saturated rings. The van der Waals surface area contributed by atoms with E-state index < -0.39 is 0 Å². The first-order valence-corrected chi connectivity index (χ1v) is 18.7. The maximum Gasteiger partial charge on any atom is 0.338 e. The monoisotopic (exact) mass is 637 g/mol. The summed E-state index contributed by atoms with van der Waals surface area (Å²) in [6.07, 6.45) is 16.6. The molecule has 3 saturated carbocycles. The van der Waals surface area contributed by atoms with E-state index in [-0.39, 0.29) is 17.5 Å². The van der Waals surface area contributed by atoms with Crippen molar-refractivity contribution in [3.05, 3.63) is 65.7 Å². The summed E-state index contributed by atoms with van der Waals surface area (Å²) in [7, 11) is 4.03. The Labute approximate surface area is 284 Å². The fourth-order valence-electron chi connectivity index (χ4n) is 10.6. The molecule has 47 heavy (non-hydrogen) atoms. The number of carbonyl (C=O) groups excluding carboxylic acids is 1. The van der Waals surface area contributed by atoms with Gasteiger partial charge in [0.1, 0.15) is 6.10 Å². The SMILES string of the molecule is CC(C)CCCC(C)C1CCC2C3CC=C4CC(OC(=O)c5ccc(/N=N/c6ccc(N(C)C)cc6)cc5)CCC4(C)C3CCC12C. The van der Waals surface area contributed by atoms with E-state index in [1.165, 1.54) is 51.4 Å². The molecule has 8 unspecified atom stereocenters. The smallest absolute Gasteiger partial charge is 0.338 e. The number of hydrogen-bond donors (Lipinski definition) is 0. The summed E-state index contributed by atoms with van der Waals surface area (Å²) in [6.45, 7) is 12.5. The van der Waals surface area contributed by atoms with Gasteiger partial charge in [-0.3, -0.25) is 0 Å². The van der Waals surface area contributed by atoms with Crippen LogP contribution < -0.4 is 4.90 Å². The largest absolute Gasteiger partial charge is 0.458 e. The van der Waals surface area contributed by atoms with Crippen LogP contribution in [0.15, 0.2) is 70.4 Å². The molecular formula is C42H59N3O2. The van der Waals surface area contributed by atoms with Crippen molar-refractivity contribution in [2.75, 3.05) is 19.0 Å². The second kappa shape index (κ2) is 13.9. The van der Waals surface area contributed by atoms with E-state index in [9.17, 15) is 4.79 Å². The molecular weight excluding hydrogens is 578 g/mol. The Morgan fingerprint density at radius 1 is 0.872 bits per heavy atom. The van der Waals surface area contributed by atoms with Crippen LogP contribution in [-0.4, -0.2) is 26.2 Å². The van der Waals surface area contributed by atoms with Crippen molar-refractivity contribution in [1.29, 1.82) is 0 Å². The highest BCUT2D eigenvalue weighted by atomic mass is 16.5. The summed E-state index contributed by atoms with van der Waals surface area (Å²) in [5.74, 6) is 4.80. The van der Waals surface area contributed by atoms with Crippen LogP contribution in [-0.2, 0) is 4.74 Å². The van der Waals surface area contributed by atoms with Crippen LogP contribution in [0, 0.1) is 46.3 Å². The van der Waals surface area contributed by atoms with Crippen LogP contribution in [0.5, 0.6) is 0 Å². The van der Waals surface area contributed by atoms with E-state index in [0.717, 1.165) is 66.1 Å². The number of nitrogens with zero attached hydrogens (tertiary/aromatic N) is 3. The van der Waals surface area contributed by atoms with Crippen molar-refractivity contribution in [3.8, 4) is 0 Å².